The van der Waals surface area contributed by atoms with Crippen LogP contribution in [0.15, 0.2) is 0 Å². The number of esters is 8. The number of hydrogen-bond donors (Lipinski definition) is 2. The van der Waals surface area contributed by atoms with Gasteiger partial charge in [-0.05, 0) is 0 Å². The van der Waals surface area contributed by atoms with Crippen LogP contribution in [0.4, 0.5) is 0 Å². The van der Waals surface area contributed by atoms with Crippen molar-refractivity contribution in [3.63, 3.8) is 0 Å². The van der Waals surface area contributed by atoms with Crippen LogP contribution in [0.2, 0.25) is 0 Å². The van der Waals surface area contributed by atoms with E-state index in [2.05, 4.69) is 5.32 Å². The molecule has 20 heteroatoms. The van der Waals surface area contributed by atoms with Gasteiger partial charge >= 0.3 is 47.8 Å². The van der Waals surface area contributed by atoms with E-state index in [-0.39, 0.29) is 0 Å². The van der Waals surface area contributed by atoms with Gasteiger partial charge in [0.05, 0.1) is 0 Å². The SMILES string of the molecule is CC(=O)OC[C@@H](O)[C@@H](OC(C)=O)[C@H](OC(C)=O)[C@@H](OC(C)=O)C(=O)N[C@H]1[C@H](OC(C)=O)O[C@H](COC(C)=O)[C@@H](OC(C)=O)[C@@H]1OC(C)=O. The molecule has 48 heavy (non-hydrogen) atoms. The fraction of sp³-hybridized carbons (Fsp3) is 0.679. The van der Waals surface area contributed by atoms with Crippen molar-refractivity contribution in [3.8, 4) is 0 Å². The van der Waals surface area contributed by atoms with Crippen LogP contribution in [-0.2, 0) is 85.8 Å². The van der Waals surface area contributed by atoms with Crippen LogP contribution in [0, 0.1) is 0 Å². The van der Waals surface area contributed by atoms with Gasteiger partial charge in [0.15, 0.2) is 24.4 Å². The molecule has 1 aliphatic heterocycles. The molecule has 0 aliphatic carbocycles. The van der Waals surface area contributed by atoms with Gasteiger partial charge in [-0.25, -0.2) is 0 Å². The lowest BCUT2D eigenvalue weighted by Crippen LogP contribution is -2.68. The quantitative estimate of drug-likeness (QED) is 0.137. The number of ether oxygens (including phenoxy) is 9. The summed E-state index contributed by atoms with van der Waals surface area (Å²) in [7, 11) is 0. The Morgan fingerprint density at radius 3 is 1.54 bits per heavy atom. The number of nitrogens with one attached hydrogen (secondary N) is 1. The van der Waals surface area contributed by atoms with E-state index in [1.54, 1.807) is 0 Å². The van der Waals surface area contributed by atoms with Crippen molar-refractivity contribution < 1.29 is 90.9 Å². The third-order valence-corrected chi connectivity index (χ3v) is 5.91. The Balaban J connectivity index is 3.80. The van der Waals surface area contributed by atoms with E-state index in [1.807, 2.05) is 0 Å². The first kappa shape index (κ1) is 41.2. The van der Waals surface area contributed by atoms with Gasteiger partial charge in [-0.1, -0.05) is 0 Å². The molecule has 0 radical (unpaired) electrons. The van der Waals surface area contributed by atoms with Gasteiger partial charge in [0.1, 0.15) is 31.5 Å². The van der Waals surface area contributed by atoms with Crippen molar-refractivity contribution >= 4 is 53.7 Å². The van der Waals surface area contributed by atoms with Crippen LogP contribution < -0.4 is 5.32 Å². The maximum absolute atomic E-state index is 13.9. The summed E-state index contributed by atoms with van der Waals surface area (Å²) in [5, 5.41) is 13.0. The number of amides is 1. The van der Waals surface area contributed by atoms with Crippen LogP contribution in [0.25, 0.3) is 0 Å². The van der Waals surface area contributed by atoms with Gasteiger partial charge in [0, 0.05) is 55.4 Å². The van der Waals surface area contributed by atoms with Crippen molar-refractivity contribution in [2.45, 2.75) is 110 Å². The van der Waals surface area contributed by atoms with E-state index in [9.17, 15) is 48.3 Å². The first-order chi connectivity index (χ1) is 22.2. The highest BCUT2D eigenvalue weighted by atomic mass is 16.7. The zero-order valence-electron chi connectivity index (χ0n) is 27.4. The Kier molecular flexibility index (Phi) is 16.4. The van der Waals surface area contributed by atoms with Crippen molar-refractivity contribution in [1.82, 2.24) is 5.32 Å². The highest BCUT2D eigenvalue weighted by Crippen LogP contribution is 2.29. The lowest BCUT2D eigenvalue weighted by Gasteiger charge is -2.45. The summed E-state index contributed by atoms with van der Waals surface area (Å²) in [6, 6.07) is -1.79. The molecule has 0 bridgehead atoms. The summed E-state index contributed by atoms with van der Waals surface area (Å²) in [5.74, 6) is -9.35. The summed E-state index contributed by atoms with van der Waals surface area (Å²) >= 11 is 0. The predicted octanol–water partition coefficient (Wildman–Crippen LogP) is -2.10. The molecule has 2 N–H and O–H groups in total. The first-order valence-corrected chi connectivity index (χ1v) is 14.2. The third-order valence-electron chi connectivity index (χ3n) is 5.91. The molecule has 0 spiro atoms. The second-order valence-corrected chi connectivity index (χ2v) is 10.2. The lowest BCUT2D eigenvalue weighted by atomic mass is 9.95. The first-order valence-electron chi connectivity index (χ1n) is 14.2. The topological polar surface area (TPSA) is 269 Å². The third kappa shape index (κ3) is 13.9. The van der Waals surface area contributed by atoms with E-state index < -0.39 is 122 Å². The van der Waals surface area contributed by atoms with Gasteiger partial charge in [0.2, 0.25) is 12.4 Å². The molecule has 270 valence electrons. The molecule has 1 fully saturated rings. The van der Waals surface area contributed by atoms with Crippen LogP contribution in [-0.4, -0.2) is 127 Å². The van der Waals surface area contributed by atoms with E-state index in [1.165, 1.54) is 0 Å². The Bertz CT molecular complexity index is 1230. The number of carbonyl (C=O) groups is 9. The highest BCUT2D eigenvalue weighted by Gasteiger charge is 2.54. The molecular weight excluding hydrogens is 654 g/mol. The number of aliphatic hydroxyl groups is 1. The van der Waals surface area contributed by atoms with Gasteiger partial charge in [-0.2, -0.15) is 0 Å². The molecule has 0 aromatic heterocycles. The summed E-state index contributed by atoms with van der Waals surface area (Å²) in [6.45, 7) is 6.10. The molecule has 1 amide bonds. The van der Waals surface area contributed by atoms with Gasteiger partial charge in [-0.15, -0.1) is 0 Å². The zero-order chi connectivity index (χ0) is 36.9. The Labute approximate surface area is 273 Å². The monoisotopic (exact) mass is 693 g/mol. The van der Waals surface area contributed by atoms with Gasteiger partial charge in [-0.3, -0.25) is 43.2 Å². The van der Waals surface area contributed by atoms with E-state index >= 15 is 0 Å². The maximum Gasteiger partial charge on any atom is 0.305 e. The molecule has 0 saturated carbocycles. The molecule has 1 aliphatic rings. The van der Waals surface area contributed by atoms with Crippen molar-refractivity contribution in [2.75, 3.05) is 13.2 Å². The average Bonchev–Trinajstić information content (AvgIpc) is 2.93. The summed E-state index contributed by atoms with van der Waals surface area (Å²) in [4.78, 5) is 109. The van der Waals surface area contributed by atoms with Gasteiger partial charge in [0.25, 0.3) is 5.91 Å². The molecule has 1 heterocycles. The minimum absolute atomic E-state index is 0.613. The zero-order valence-corrected chi connectivity index (χ0v) is 27.4. The average molecular weight is 694 g/mol. The second-order valence-electron chi connectivity index (χ2n) is 10.2. The molecule has 20 nitrogen and oxygen atoms in total. The highest BCUT2D eigenvalue weighted by molar-refractivity contribution is 5.85. The fourth-order valence-electron chi connectivity index (χ4n) is 4.36. The van der Waals surface area contributed by atoms with E-state index in [4.69, 9.17) is 42.6 Å². The number of aliphatic hydroxyl groups excluding tert-OH is 1. The van der Waals surface area contributed by atoms with Crippen LogP contribution in [0.3, 0.4) is 0 Å². The van der Waals surface area contributed by atoms with E-state index in [0.717, 1.165) is 55.4 Å². The number of carbonyl (C=O) groups excluding carboxylic acids is 9. The largest absolute Gasteiger partial charge is 0.463 e. The number of hydrogen-bond acceptors (Lipinski definition) is 19. The lowest BCUT2D eigenvalue weighted by molar-refractivity contribution is -0.271. The number of rotatable bonds is 15. The smallest absolute Gasteiger partial charge is 0.305 e. The minimum atomic E-state index is -2.29. The molecule has 1 saturated heterocycles. The Morgan fingerprint density at radius 1 is 0.604 bits per heavy atom. The maximum atomic E-state index is 13.9. The van der Waals surface area contributed by atoms with Crippen molar-refractivity contribution in [2.24, 2.45) is 0 Å². The summed E-state index contributed by atoms with van der Waals surface area (Å²) in [5.41, 5.74) is 0. The summed E-state index contributed by atoms with van der Waals surface area (Å²) in [6.07, 6.45) is -15.1. The predicted molar refractivity (Wildman–Crippen MR) is 149 cm³/mol. The molecule has 0 aromatic carbocycles. The Hall–Kier alpha value is -4.85. The molecule has 9 atom stereocenters. The Morgan fingerprint density at radius 2 is 1.08 bits per heavy atom. The van der Waals surface area contributed by atoms with Crippen molar-refractivity contribution in [1.29, 1.82) is 0 Å². The standard InChI is InChI=1S/C28H39NO19/c1-11(30)40-9-19(38)22(42-13(3)32)25(45-16(6)35)26(46-17(7)36)27(39)29-21-24(44-15(5)34)23(43-14(4)33)20(10-41-12(2)31)48-28(21)47-18(8)37/h19-26,28,38H,9-10H2,1-8H3,(H,29,39)/t19-,20-,21-,22-,23-,24-,25+,26-,28-/m1/s1. The second kappa shape index (κ2) is 19.1. The molecule has 0 aromatic rings. The minimum Gasteiger partial charge on any atom is -0.463 e. The van der Waals surface area contributed by atoms with Gasteiger partial charge < -0.3 is 53.1 Å². The normalized spacial score (nSPS) is 22.6. The van der Waals surface area contributed by atoms with Crippen LogP contribution in [0.1, 0.15) is 55.4 Å². The van der Waals surface area contributed by atoms with Crippen molar-refractivity contribution in [3.05, 3.63) is 0 Å². The fourth-order valence-corrected chi connectivity index (χ4v) is 4.36. The molecule has 1 rings (SSSR count). The summed E-state index contributed by atoms with van der Waals surface area (Å²) < 4.78 is 46.6. The molecule has 0 unspecified atom stereocenters. The molecular formula is C28H39NO19. The van der Waals surface area contributed by atoms with E-state index in [0.29, 0.717) is 0 Å². The van der Waals surface area contributed by atoms with Crippen LogP contribution >= 0.6 is 0 Å². The van der Waals surface area contributed by atoms with Crippen LogP contribution in [0.5, 0.6) is 0 Å².